The molecule has 0 spiro atoms. The van der Waals surface area contributed by atoms with Crippen molar-refractivity contribution in [3.8, 4) is 17.6 Å². The lowest BCUT2D eigenvalue weighted by Crippen LogP contribution is -2.45. The first-order valence-electron chi connectivity index (χ1n) is 47.3. The average Bonchev–Trinajstić information content (AvgIpc) is 1.74. The third kappa shape index (κ3) is 29.2. The normalized spacial score (nSPS) is 29.8. The van der Waals surface area contributed by atoms with Gasteiger partial charge in [0.05, 0.1) is 100 Å². The minimum Gasteiger partial charge on any atom is -0.497 e. The first kappa shape index (κ1) is 111. The highest BCUT2D eigenvalue weighted by molar-refractivity contribution is 7.91. The van der Waals surface area contributed by atoms with Gasteiger partial charge in [0, 0.05) is 98.2 Å². The highest BCUT2D eigenvalue weighted by Gasteiger charge is 2.52. The molecule has 135 heavy (non-hydrogen) atoms. The molecule has 8 fully saturated rings. The van der Waals surface area contributed by atoms with Gasteiger partial charge in [-0.2, -0.15) is 10.2 Å². The van der Waals surface area contributed by atoms with Gasteiger partial charge < -0.3 is 97.2 Å². The van der Waals surface area contributed by atoms with Crippen LogP contribution in [0, 0.1) is 25.2 Å². The van der Waals surface area contributed by atoms with Gasteiger partial charge in [0.2, 0.25) is 5.91 Å². The lowest BCUT2D eigenvalue weighted by atomic mass is 9.84. The van der Waals surface area contributed by atoms with E-state index in [1.165, 1.54) is 51.7 Å². The molecule has 4 saturated carbocycles. The maximum absolute atomic E-state index is 12.5. The van der Waals surface area contributed by atoms with Gasteiger partial charge in [0.25, 0.3) is 11.1 Å². The van der Waals surface area contributed by atoms with E-state index in [1.54, 1.807) is 56.5 Å². The van der Waals surface area contributed by atoms with Gasteiger partial charge in [-0.05, 0) is 145 Å². The van der Waals surface area contributed by atoms with Gasteiger partial charge in [-0.3, -0.25) is 42.8 Å². The van der Waals surface area contributed by atoms with Crippen LogP contribution in [-0.2, 0) is 66.5 Å². The Bertz CT molecular complexity index is 4880. The van der Waals surface area contributed by atoms with Crippen LogP contribution in [0.4, 0.5) is 5.82 Å². The molecule has 4 aliphatic heterocycles. The minimum absolute atomic E-state index is 0. The van der Waals surface area contributed by atoms with Crippen LogP contribution in [0.1, 0.15) is 233 Å². The van der Waals surface area contributed by atoms with E-state index in [-0.39, 0.29) is 75.6 Å². The number of carbonyl (C=O) groups excluding carboxylic acids is 1. The van der Waals surface area contributed by atoms with Gasteiger partial charge in [-0.25, -0.2) is 14.4 Å². The Kier molecular flexibility index (Phi) is 44.4. The molecular formula is C97H147BCl2N9O25P. The van der Waals surface area contributed by atoms with Crippen molar-refractivity contribution in [1.29, 1.82) is 5.26 Å². The molecule has 34 nitrogen and oxygen atoms in total. The number of halogens is 2. The molecule has 752 valence electrons. The largest absolute Gasteiger partial charge is 0.497 e. The first-order valence-corrected chi connectivity index (χ1v) is 50.6. The lowest BCUT2D eigenvalue weighted by molar-refractivity contribution is -0.150. The lowest BCUT2D eigenvalue weighted by Gasteiger charge is -2.34. The van der Waals surface area contributed by atoms with E-state index in [9.17, 15) is 54.3 Å². The molecule has 2 radical (unpaired) electrons. The van der Waals surface area contributed by atoms with Crippen molar-refractivity contribution in [3.63, 3.8) is 0 Å². The van der Waals surface area contributed by atoms with Crippen molar-refractivity contribution in [2.24, 2.45) is 4.74 Å². The molecule has 14 rings (SSSR count). The Morgan fingerprint density at radius 3 is 1.24 bits per heavy atom. The van der Waals surface area contributed by atoms with Crippen molar-refractivity contribution < 1.29 is 99.5 Å². The van der Waals surface area contributed by atoms with Crippen LogP contribution in [0.25, 0.3) is 0 Å². The SMILES string of the molecule is CC(C)N=P(Cl)(CCC#N)C(C)C.CC[C@H]1O[C@@H](n2cc(C)c(=O)[nH]c2=O)C(O[C@@H]2CCCC[C@H]2OC)[C@H]1O.CC[C@H]1O[C@@H](n2ccc(NC(C)=O)nc2=O)C(O[C@@H]2CCCC[C@H]2OC)[C@H]1O.CO[C@@H]1CCCC[C@H]1OC1[C@@H](O)[C@@H](CO)O[C@H]1n1cc(C)c(=O)[nH]c1=O.COc1ccc(C(Cl)(c2ccccc2)c2ccc(OC)cc2)cc1.[B][C@@H]1O[C@H](CC)[C@H](O)C1O[C@@H]1CCCC[C@H]1OC.[HH].[HH]. The summed E-state index contributed by atoms with van der Waals surface area (Å²) in [5.74, 6) is 1.47. The van der Waals surface area contributed by atoms with Crippen molar-refractivity contribution in [1.82, 2.24) is 28.7 Å². The number of aliphatic hydroxyl groups is 5. The van der Waals surface area contributed by atoms with Crippen molar-refractivity contribution >= 4 is 48.8 Å². The molecule has 8 N–H and O–H groups in total. The second kappa shape index (κ2) is 53.9. The number of benzene rings is 3. The maximum Gasteiger partial charge on any atom is 0.351 e. The molecule has 3 aromatic heterocycles. The number of ether oxygens (including phenoxy) is 14. The van der Waals surface area contributed by atoms with E-state index < -0.39 is 138 Å². The number of H-pyrrole nitrogens is 2. The van der Waals surface area contributed by atoms with Crippen LogP contribution >= 0.6 is 29.2 Å². The van der Waals surface area contributed by atoms with Crippen LogP contribution in [0.5, 0.6) is 11.5 Å². The van der Waals surface area contributed by atoms with E-state index >= 15 is 0 Å². The molecule has 3 aromatic carbocycles. The molecule has 0 bridgehead atoms. The number of hydrogen-bond donors (Lipinski definition) is 8. The zero-order chi connectivity index (χ0) is 98.5. The smallest absolute Gasteiger partial charge is 0.351 e. The van der Waals surface area contributed by atoms with E-state index in [2.05, 4.69) is 44.9 Å². The summed E-state index contributed by atoms with van der Waals surface area (Å²) in [7, 11) is 15.9. The highest BCUT2D eigenvalue weighted by Crippen LogP contribution is 2.60. The molecule has 38 heteroatoms. The van der Waals surface area contributed by atoms with Crippen LogP contribution in [0.2, 0.25) is 0 Å². The fourth-order valence-electron chi connectivity index (χ4n) is 18.4. The summed E-state index contributed by atoms with van der Waals surface area (Å²) in [6, 6.07) is 29.2. The van der Waals surface area contributed by atoms with Gasteiger partial charge >= 0.3 is 17.1 Å². The molecule has 4 saturated heterocycles. The molecule has 5 unspecified atom stereocenters. The topological polar surface area (TPSA) is 440 Å². The second-order valence-corrected chi connectivity index (χ2v) is 41.3. The van der Waals surface area contributed by atoms with Gasteiger partial charge in [0.1, 0.15) is 85.0 Å². The number of methoxy groups -OCH3 is 6. The molecule has 1 amide bonds. The van der Waals surface area contributed by atoms with Crippen molar-refractivity contribution in [2.75, 3.05) is 60.7 Å². The zero-order valence-corrected chi connectivity index (χ0v) is 83.2. The number of nitrogens with one attached hydrogen (secondary N) is 3. The number of aromatic nitrogens is 6. The van der Waals surface area contributed by atoms with E-state index in [4.69, 9.17) is 102 Å². The van der Waals surface area contributed by atoms with Crippen molar-refractivity contribution in [3.05, 3.63) is 183 Å². The quantitative estimate of drug-likeness (QED) is 0.00935. The van der Waals surface area contributed by atoms with Gasteiger partial charge in [0.15, 0.2) is 18.7 Å². The first-order chi connectivity index (χ1) is 64.6. The number of aliphatic hydroxyl groups excluding tert-OH is 5. The standard InChI is InChI=1S/C21H19ClO2.C19H29N3O6.C18H28N2O6.C17H26N2O7.C13H23BO4.C9H18ClN2P.2H2/c1-23-19-12-8-17(9-13-19)21(22,16-6-4-3-5-7-16)18-10-14-20(24-2)15-11-18;1-4-12-16(24)17(27-14-8-6-5-7-13(14)26-3)18(28-12)22-10-9-15(20-11(2)23)21-19(22)25;1-4-11-14(21)15(25-13-8-6-5-7-12(13)24-3)17(26-11)20-9-10(2)16(22)19-18(20)23;1-9-7-19(17(23)18-15(9)22)16-14(13(21)12(8-20)26-16)25-11-6-4-3-5-10(11)24-2;1-3-8-11(15)12(13(14)18-8)17-10-7-5-4-6-9(10)16-2;1-8(2)12-13(10,9(3)4)7-5-6-11;;/h3-15H,1-2H3;9-10,12-14,16-18,24H,4-8H2,1-3H3,(H,20,21,23,25);9,11-15,17,21H,4-8H2,1-3H3,(H,19,22,23);7,10-14,16,20-21H,3-6,8H2,1-2H3,(H,18,22,23);8-13,15H,3-7H2,1-2H3;8-9H,5,7H2,1-4H3;2*1H/t;12-,13-,14-,16+,17?,18-;11-,12-,13-,14+,15?,17-;10-,11-,12-,13+,14?,16-;8-,9-,10-,11+,12?,13-;;;/m.1111.../s1. The summed E-state index contributed by atoms with van der Waals surface area (Å²) < 4.78 is 88.6. The zero-order valence-electron chi connectivity index (χ0n) is 80.7. The summed E-state index contributed by atoms with van der Waals surface area (Å²) in [4.78, 5) is 79.1. The van der Waals surface area contributed by atoms with Gasteiger partial charge in [-0.15, -0.1) is 11.6 Å². The predicted octanol–water partition coefficient (Wildman–Crippen LogP) is 12.3. The minimum atomic E-state index is -1.74. The Hall–Kier alpha value is -7.35. The number of nitrogens with zero attached hydrogens (tertiary/aromatic N) is 6. The molecule has 25 atom stereocenters. The molecule has 8 aliphatic rings. The number of carbonyl (C=O) groups is 1. The molecule has 6 aromatic rings. The number of aryl methyl sites for hydroxylation is 2. The Balaban J connectivity index is 0.000000226. The summed E-state index contributed by atoms with van der Waals surface area (Å²) in [5, 5.41) is 62.6. The van der Waals surface area contributed by atoms with Crippen LogP contribution in [0.15, 0.2) is 132 Å². The number of hydrogen-bond acceptors (Lipinski definition) is 28. The predicted molar refractivity (Wildman–Crippen MR) is 518 cm³/mol. The summed E-state index contributed by atoms with van der Waals surface area (Å²) in [5.41, 5.74) is 1.38. The van der Waals surface area contributed by atoms with Crippen LogP contribution in [-0.4, -0.2) is 263 Å². The Morgan fingerprint density at radius 2 is 0.904 bits per heavy atom. The summed E-state index contributed by atoms with van der Waals surface area (Å²) in [6.07, 6.45) is 10.1. The Labute approximate surface area is 805 Å². The van der Waals surface area contributed by atoms with Gasteiger partial charge in [-0.1, -0.05) is 152 Å². The maximum atomic E-state index is 12.5. The summed E-state index contributed by atoms with van der Waals surface area (Å²) >= 11 is 13.7. The molecule has 4 aliphatic carbocycles. The third-order valence-electron chi connectivity index (χ3n) is 26.0. The van der Waals surface area contributed by atoms with E-state index in [1.807, 2.05) is 113 Å². The highest BCUT2D eigenvalue weighted by atomic mass is 35.7. The summed E-state index contributed by atoms with van der Waals surface area (Å²) in [6.45, 7) is 18.2. The number of alkyl halides is 1. The monoisotopic (exact) mass is 1950 g/mol. The number of aromatic amines is 2. The second-order valence-electron chi connectivity index (χ2n) is 35.8. The molecular weight excluding hydrogens is 1800 g/mol. The van der Waals surface area contributed by atoms with Crippen LogP contribution in [0.3, 0.4) is 0 Å². The number of rotatable bonds is 29. The van der Waals surface area contributed by atoms with Crippen LogP contribution < -0.4 is 43.0 Å². The average molecular weight is 1950 g/mol. The third-order valence-corrected chi connectivity index (χ3v) is 31.8. The van der Waals surface area contributed by atoms with E-state index in [0.29, 0.717) is 36.0 Å². The Morgan fingerprint density at radius 1 is 0.556 bits per heavy atom. The van der Waals surface area contributed by atoms with Crippen molar-refractivity contribution in [2.45, 2.75) is 361 Å². The fraction of sp³-hybridized carbons (Fsp3) is 0.670. The number of amides is 1. The fourth-order valence-corrected chi connectivity index (χ4v) is 21.6. The molecule has 7 heterocycles. The number of nitriles is 1. The van der Waals surface area contributed by atoms with E-state index in [0.717, 1.165) is 137 Å². The number of anilines is 1.